The fourth-order valence-corrected chi connectivity index (χ4v) is 5.51. The number of aliphatic hydroxyl groups is 1. The number of halogens is 1. The van der Waals surface area contributed by atoms with Crippen molar-refractivity contribution in [2.75, 3.05) is 13.2 Å². The lowest BCUT2D eigenvalue weighted by Gasteiger charge is -2.34. The normalized spacial score (nSPS) is 21.3. The number of rotatable bonds is 5. The van der Waals surface area contributed by atoms with Crippen molar-refractivity contribution in [3.05, 3.63) is 58.1 Å². The molecule has 0 aliphatic heterocycles. The second kappa shape index (κ2) is 8.20. The minimum Gasteiger partial charge on any atom is -0.395 e. The van der Waals surface area contributed by atoms with Gasteiger partial charge < -0.3 is 10.4 Å². The maximum absolute atomic E-state index is 13.3. The molecule has 128 valence electrons. The second-order valence-corrected chi connectivity index (χ2v) is 9.11. The van der Waals surface area contributed by atoms with Gasteiger partial charge in [0.05, 0.1) is 22.7 Å². The number of aliphatic hydroxyl groups excluding tert-OH is 1. The minimum atomic E-state index is -1.15. The zero-order chi connectivity index (χ0) is 17.1. The van der Waals surface area contributed by atoms with E-state index in [0.717, 1.165) is 33.1 Å². The summed E-state index contributed by atoms with van der Waals surface area (Å²) in [5.74, 6) is 0. The smallest absolute Gasteiger partial charge is 0.0799 e. The Morgan fingerprint density at radius 1 is 1.25 bits per heavy atom. The molecule has 4 atom stereocenters. The maximum atomic E-state index is 13.3. The van der Waals surface area contributed by atoms with E-state index in [1.807, 2.05) is 30.3 Å². The summed E-state index contributed by atoms with van der Waals surface area (Å²) in [7, 11) is 1.50. The van der Waals surface area contributed by atoms with E-state index in [4.69, 9.17) is 5.11 Å². The molecule has 6 heteroatoms. The highest BCUT2D eigenvalue weighted by Crippen LogP contribution is 2.38. The van der Waals surface area contributed by atoms with Gasteiger partial charge in [0.15, 0.2) is 0 Å². The molecule has 2 N–H and O–H groups in total. The zero-order valence-electron chi connectivity index (χ0n) is 13.2. The fourth-order valence-electron chi connectivity index (χ4n) is 3.22. The first-order chi connectivity index (χ1) is 11.6. The van der Waals surface area contributed by atoms with Gasteiger partial charge in [-0.3, -0.25) is 4.21 Å². The monoisotopic (exact) mass is 425 g/mol. The molecule has 3 nitrogen and oxygen atoms in total. The molecule has 0 saturated heterocycles. The van der Waals surface area contributed by atoms with Crippen LogP contribution in [-0.2, 0) is 17.2 Å². The molecular weight excluding hydrogens is 405 g/mol. The first-order valence-electron chi connectivity index (χ1n) is 7.99. The lowest BCUT2D eigenvalue weighted by Crippen LogP contribution is -2.41. The first kappa shape index (κ1) is 18.2. The predicted molar refractivity (Wildman–Crippen MR) is 106 cm³/mol. The standard InChI is InChI=1S/C18H21BrNO2PS/c19-13-2-7-16-12(11-13)1-8-17(20-9-10-21)18(16)24(22)15-5-3-14(23)4-6-15/h2-7,11,17-18,20-21H,1,8-10,23H2. The average molecular weight is 426 g/mol. The summed E-state index contributed by atoms with van der Waals surface area (Å²) in [6, 6.07) is 14.2. The third-order valence-electron chi connectivity index (χ3n) is 4.36. The van der Waals surface area contributed by atoms with E-state index < -0.39 is 10.8 Å². The summed E-state index contributed by atoms with van der Waals surface area (Å²) in [6.45, 7) is 0.611. The van der Waals surface area contributed by atoms with Gasteiger partial charge in [0.2, 0.25) is 0 Å². The van der Waals surface area contributed by atoms with Gasteiger partial charge in [-0.15, -0.1) is 9.24 Å². The molecule has 3 rings (SSSR count). The molecule has 2 aromatic carbocycles. The van der Waals surface area contributed by atoms with Crippen LogP contribution in [0, 0.1) is 0 Å². The summed E-state index contributed by atoms with van der Waals surface area (Å²) in [4.78, 5) is 0.845. The van der Waals surface area contributed by atoms with Gasteiger partial charge in [-0.25, -0.2) is 0 Å². The van der Waals surface area contributed by atoms with Gasteiger partial charge in [0.25, 0.3) is 0 Å². The van der Waals surface area contributed by atoms with Crippen molar-refractivity contribution in [2.45, 2.75) is 29.0 Å². The Morgan fingerprint density at radius 3 is 2.71 bits per heavy atom. The molecule has 4 unspecified atom stereocenters. The van der Waals surface area contributed by atoms with Gasteiger partial charge in [-0.05, 0) is 53.5 Å². The zero-order valence-corrected chi connectivity index (χ0v) is 16.8. The van der Waals surface area contributed by atoms with Crippen molar-refractivity contribution >= 4 is 41.3 Å². The minimum absolute atomic E-state index is 0.0881. The molecule has 0 amide bonds. The summed E-state index contributed by atoms with van der Waals surface area (Å²) < 4.78 is 14.4. The van der Waals surface area contributed by atoms with Crippen LogP contribution < -0.4 is 10.6 Å². The number of hydrogen-bond donors (Lipinski definition) is 2. The van der Waals surface area contributed by atoms with Crippen LogP contribution in [0.15, 0.2) is 51.8 Å². The van der Waals surface area contributed by atoms with Crippen LogP contribution in [0.25, 0.3) is 0 Å². The molecule has 0 fully saturated rings. The summed E-state index contributed by atoms with van der Waals surface area (Å²) >= 11 is 3.53. The molecule has 0 radical (unpaired) electrons. The second-order valence-electron chi connectivity index (χ2n) is 5.95. The average Bonchev–Trinajstić information content (AvgIpc) is 2.59. The Kier molecular flexibility index (Phi) is 6.22. The Labute approximate surface area is 156 Å². The molecule has 0 heterocycles. The summed E-state index contributed by atoms with van der Waals surface area (Å²) in [5, 5.41) is 13.5. The van der Waals surface area contributed by atoms with E-state index in [1.165, 1.54) is 5.56 Å². The van der Waals surface area contributed by atoms with E-state index in [-0.39, 0.29) is 17.9 Å². The number of benzene rings is 2. The van der Waals surface area contributed by atoms with Crippen molar-refractivity contribution in [3.8, 4) is 0 Å². The highest BCUT2D eigenvalue weighted by molar-refractivity contribution is 9.10. The summed E-state index contributed by atoms with van der Waals surface area (Å²) in [6.07, 6.45) is 1.87. The third-order valence-corrected chi connectivity index (χ3v) is 7.02. The highest BCUT2D eigenvalue weighted by atomic mass is 79.9. The highest BCUT2D eigenvalue weighted by Gasteiger charge is 2.34. The number of nitrogens with one attached hydrogen (secondary N) is 1. The molecule has 0 aromatic heterocycles. The fraction of sp³-hybridized carbons (Fsp3) is 0.333. The number of aryl methyl sites for hydroxylation is 1. The lowest BCUT2D eigenvalue weighted by atomic mass is 9.88. The number of fused-ring (bicyclic) bond motifs is 1. The van der Waals surface area contributed by atoms with Crippen molar-refractivity contribution in [2.24, 2.45) is 0 Å². The third kappa shape index (κ3) is 3.97. The summed E-state index contributed by atoms with van der Waals surface area (Å²) in [5.41, 5.74) is 2.40. The van der Waals surface area contributed by atoms with Crippen molar-refractivity contribution in [1.29, 1.82) is 0 Å². The molecule has 24 heavy (non-hydrogen) atoms. The van der Waals surface area contributed by atoms with Crippen LogP contribution in [0.2, 0.25) is 0 Å². The van der Waals surface area contributed by atoms with E-state index in [9.17, 15) is 4.21 Å². The van der Waals surface area contributed by atoms with Gasteiger partial charge in [-0.2, -0.15) is 0 Å². The molecule has 2 aromatic rings. The van der Waals surface area contributed by atoms with Gasteiger partial charge in [0, 0.05) is 22.0 Å². The number of hydrogen-bond acceptors (Lipinski definition) is 3. The van der Waals surface area contributed by atoms with E-state index in [2.05, 4.69) is 42.6 Å². The van der Waals surface area contributed by atoms with Gasteiger partial charge >= 0.3 is 0 Å². The quantitative estimate of drug-likeness (QED) is 0.724. The molecule has 0 saturated carbocycles. The largest absolute Gasteiger partial charge is 0.395 e. The van der Waals surface area contributed by atoms with Crippen molar-refractivity contribution in [3.63, 3.8) is 0 Å². The van der Waals surface area contributed by atoms with Crippen molar-refractivity contribution < 1.29 is 9.32 Å². The van der Waals surface area contributed by atoms with Crippen LogP contribution in [0.3, 0.4) is 0 Å². The van der Waals surface area contributed by atoms with Crippen LogP contribution >= 0.6 is 25.2 Å². The van der Waals surface area contributed by atoms with Crippen LogP contribution in [0.5, 0.6) is 0 Å². The van der Waals surface area contributed by atoms with Crippen molar-refractivity contribution in [1.82, 2.24) is 5.32 Å². The topological polar surface area (TPSA) is 49.3 Å². The van der Waals surface area contributed by atoms with Crippen LogP contribution in [-0.4, -0.2) is 28.5 Å². The molecule has 0 spiro atoms. The van der Waals surface area contributed by atoms with E-state index in [0.29, 0.717) is 6.54 Å². The van der Waals surface area contributed by atoms with Crippen LogP contribution in [0.1, 0.15) is 22.8 Å². The van der Waals surface area contributed by atoms with E-state index >= 15 is 0 Å². The Balaban J connectivity index is 1.98. The SMILES string of the molecule is O=S(c1ccc(P)cc1)C1c2ccc(Br)cc2CCC1NCCO. The Bertz CT molecular complexity index is 738. The predicted octanol–water partition coefficient (Wildman–Crippen LogP) is 2.70. The Morgan fingerprint density at radius 2 is 2.00 bits per heavy atom. The van der Waals surface area contributed by atoms with E-state index in [1.54, 1.807) is 0 Å². The first-order valence-corrected chi connectivity index (χ1v) is 10.6. The molecular formula is C18H21BrNO2PS. The van der Waals surface area contributed by atoms with Crippen LogP contribution in [0.4, 0.5) is 0 Å². The Hall–Kier alpha value is -0.580. The lowest BCUT2D eigenvalue weighted by molar-refractivity contribution is 0.279. The maximum Gasteiger partial charge on any atom is 0.0799 e. The van der Waals surface area contributed by atoms with Gasteiger partial charge in [-0.1, -0.05) is 34.1 Å². The molecule has 0 bridgehead atoms. The molecule has 1 aliphatic rings. The van der Waals surface area contributed by atoms with Gasteiger partial charge in [0.1, 0.15) is 0 Å². The molecule has 1 aliphatic carbocycles.